The van der Waals surface area contributed by atoms with E-state index in [2.05, 4.69) is 13.8 Å². The zero-order valence-corrected chi connectivity index (χ0v) is 10.7. The molecule has 1 saturated carbocycles. The predicted molar refractivity (Wildman–Crippen MR) is 67.0 cm³/mol. The number of benzene rings is 1. The molecule has 0 aliphatic heterocycles. The molecule has 0 aromatic heterocycles. The largest absolute Gasteiger partial charge is 0.490 e. The van der Waals surface area contributed by atoms with Crippen LogP contribution in [-0.2, 0) is 0 Å². The Morgan fingerprint density at radius 2 is 2.24 bits per heavy atom. The summed E-state index contributed by atoms with van der Waals surface area (Å²) in [6.07, 6.45) is 0.964. The molecule has 0 radical (unpaired) electrons. The maximum atomic E-state index is 8.77. The second-order valence-corrected chi connectivity index (χ2v) is 5.43. The third kappa shape index (κ3) is 2.11. The van der Waals surface area contributed by atoms with Crippen LogP contribution in [-0.4, -0.2) is 12.1 Å². The fourth-order valence-electron chi connectivity index (χ4n) is 1.94. The van der Waals surface area contributed by atoms with E-state index in [4.69, 9.17) is 27.3 Å². The Hall–Kier alpha value is -1.24. The second-order valence-electron chi connectivity index (χ2n) is 5.02. The first-order valence-electron chi connectivity index (χ1n) is 5.57. The van der Waals surface area contributed by atoms with Crippen LogP contribution in [0.2, 0.25) is 5.02 Å². The maximum absolute atomic E-state index is 8.77. The van der Waals surface area contributed by atoms with Gasteiger partial charge in [-0.05, 0) is 12.1 Å². The van der Waals surface area contributed by atoms with Crippen molar-refractivity contribution in [2.75, 3.05) is 0 Å². The lowest BCUT2D eigenvalue weighted by Gasteiger charge is -2.49. The smallest absolute Gasteiger partial charge is 0.121 e. The van der Waals surface area contributed by atoms with Gasteiger partial charge in [0.2, 0.25) is 0 Å². The summed E-state index contributed by atoms with van der Waals surface area (Å²) >= 11 is 5.95. The number of ether oxygens (including phenoxy) is 1. The lowest BCUT2D eigenvalue weighted by atomic mass is 9.65. The van der Waals surface area contributed by atoms with Crippen molar-refractivity contribution < 1.29 is 4.74 Å². The summed E-state index contributed by atoms with van der Waals surface area (Å²) in [5, 5.41) is 9.20. The van der Waals surface area contributed by atoms with Crippen molar-refractivity contribution in [1.82, 2.24) is 0 Å². The van der Waals surface area contributed by atoms with E-state index in [-0.39, 0.29) is 17.6 Å². The summed E-state index contributed by atoms with van der Waals surface area (Å²) in [5.74, 6) is 0.693. The van der Waals surface area contributed by atoms with Gasteiger partial charge in [0.25, 0.3) is 0 Å². The minimum absolute atomic E-state index is 0.0135. The van der Waals surface area contributed by atoms with Crippen LogP contribution >= 0.6 is 11.6 Å². The standard InChI is InChI=1S/C13H15ClN2O/c1-13(2)11(16)6-12(13)17-9-4-3-8(7-15)10(14)5-9/h3-5,11-12H,6,16H2,1-2H3/t11-,12-/m0/s1. The van der Waals surface area contributed by atoms with Crippen molar-refractivity contribution in [2.45, 2.75) is 32.4 Å². The quantitative estimate of drug-likeness (QED) is 0.878. The van der Waals surface area contributed by atoms with Crippen LogP contribution in [0, 0.1) is 16.7 Å². The van der Waals surface area contributed by atoms with Crippen LogP contribution in [0.4, 0.5) is 0 Å². The molecule has 1 aliphatic carbocycles. The normalized spacial score (nSPS) is 25.8. The van der Waals surface area contributed by atoms with E-state index in [1.54, 1.807) is 18.2 Å². The molecule has 3 nitrogen and oxygen atoms in total. The summed E-state index contributed by atoms with van der Waals surface area (Å²) in [6, 6.07) is 7.32. The molecule has 17 heavy (non-hydrogen) atoms. The Balaban J connectivity index is 2.11. The fourth-order valence-corrected chi connectivity index (χ4v) is 2.15. The molecule has 0 saturated heterocycles. The zero-order valence-electron chi connectivity index (χ0n) is 9.90. The molecule has 1 fully saturated rings. The van der Waals surface area contributed by atoms with E-state index in [1.807, 2.05) is 6.07 Å². The van der Waals surface area contributed by atoms with Gasteiger partial charge in [0.05, 0.1) is 10.6 Å². The van der Waals surface area contributed by atoms with E-state index < -0.39 is 0 Å². The summed E-state index contributed by atoms with van der Waals surface area (Å²) in [4.78, 5) is 0. The molecule has 0 bridgehead atoms. The van der Waals surface area contributed by atoms with E-state index in [0.29, 0.717) is 16.3 Å². The lowest BCUT2D eigenvalue weighted by molar-refractivity contribution is -0.0399. The molecule has 1 aromatic rings. The SMILES string of the molecule is CC1(C)[C@@H](Oc2ccc(C#N)c(Cl)c2)C[C@@H]1N. The first-order valence-corrected chi connectivity index (χ1v) is 5.95. The average Bonchev–Trinajstić information content (AvgIpc) is 2.29. The minimum Gasteiger partial charge on any atom is -0.490 e. The van der Waals surface area contributed by atoms with Crippen molar-refractivity contribution in [3.63, 3.8) is 0 Å². The van der Waals surface area contributed by atoms with Gasteiger partial charge in [0.15, 0.2) is 0 Å². The molecule has 4 heteroatoms. The van der Waals surface area contributed by atoms with E-state index in [0.717, 1.165) is 6.42 Å². The van der Waals surface area contributed by atoms with Crippen molar-refractivity contribution in [1.29, 1.82) is 5.26 Å². The summed E-state index contributed by atoms with van der Waals surface area (Å²) in [6.45, 7) is 4.19. The predicted octanol–water partition coefficient (Wildman–Crippen LogP) is 2.72. The molecule has 0 amide bonds. The lowest BCUT2D eigenvalue weighted by Crippen LogP contribution is -2.60. The van der Waals surface area contributed by atoms with Gasteiger partial charge < -0.3 is 10.5 Å². The third-order valence-corrected chi connectivity index (χ3v) is 3.91. The highest BCUT2D eigenvalue weighted by Crippen LogP contribution is 2.42. The highest BCUT2D eigenvalue weighted by molar-refractivity contribution is 6.31. The van der Waals surface area contributed by atoms with Crippen LogP contribution in [0.25, 0.3) is 0 Å². The number of hydrogen-bond acceptors (Lipinski definition) is 3. The molecule has 2 atom stereocenters. The van der Waals surface area contributed by atoms with Crippen molar-refractivity contribution in [3.05, 3.63) is 28.8 Å². The number of nitrogens with zero attached hydrogens (tertiary/aromatic N) is 1. The number of nitriles is 1. The molecule has 1 aromatic carbocycles. The van der Waals surface area contributed by atoms with Gasteiger partial charge in [-0.25, -0.2) is 0 Å². The van der Waals surface area contributed by atoms with Crippen LogP contribution < -0.4 is 10.5 Å². The highest BCUT2D eigenvalue weighted by atomic mass is 35.5. The Labute approximate surface area is 106 Å². The van der Waals surface area contributed by atoms with Crippen LogP contribution in [0.1, 0.15) is 25.8 Å². The molecule has 90 valence electrons. The summed E-state index contributed by atoms with van der Waals surface area (Å²) in [5.41, 5.74) is 6.37. The Kier molecular flexibility index (Phi) is 3.03. The monoisotopic (exact) mass is 250 g/mol. The van der Waals surface area contributed by atoms with Gasteiger partial charge in [-0.3, -0.25) is 0 Å². The van der Waals surface area contributed by atoms with E-state index in [1.165, 1.54) is 0 Å². The van der Waals surface area contributed by atoms with Gasteiger partial charge >= 0.3 is 0 Å². The topological polar surface area (TPSA) is 59.0 Å². The third-order valence-electron chi connectivity index (χ3n) is 3.59. The van der Waals surface area contributed by atoms with Crippen molar-refractivity contribution >= 4 is 11.6 Å². The molecule has 2 N–H and O–H groups in total. The van der Waals surface area contributed by atoms with Crippen molar-refractivity contribution in [2.24, 2.45) is 11.1 Å². The first-order chi connectivity index (χ1) is 7.95. The van der Waals surface area contributed by atoms with Crippen LogP contribution in [0.15, 0.2) is 18.2 Å². The van der Waals surface area contributed by atoms with E-state index >= 15 is 0 Å². The molecule has 0 spiro atoms. The first kappa shape index (κ1) is 12.2. The highest BCUT2D eigenvalue weighted by Gasteiger charge is 2.47. The second kappa shape index (κ2) is 4.21. The number of rotatable bonds is 2. The van der Waals surface area contributed by atoms with Gasteiger partial charge in [-0.2, -0.15) is 5.26 Å². The Morgan fingerprint density at radius 3 is 2.71 bits per heavy atom. The number of nitrogens with two attached hydrogens (primary N) is 1. The summed E-state index contributed by atoms with van der Waals surface area (Å²) < 4.78 is 5.84. The number of hydrogen-bond donors (Lipinski definition) is 1. The van der Waals surface area contributed by atoms with Gasteiger partial charge in [0, 0.05) is 23.9 Å². The Bertz CT molecular complexity index is 479. The Morgan fingerprint density at radius 1 is 1.53 bits per heavy atom. The molecule has 2 rings (SSSR count). The molecule has 1 aliphatic rings. The summed E-state index contributed by atoms with van der Waals surface area (Å²) in [7, 11) is 0. The van der Waals surface area contributed by atoms with Crippen LogP contribution in [0.5, 0.6) is 5.75 Å². The minimum atomic E-state index is -0.0135. The maximum Gasteiger partial charge on any atom is 0.121 e. The zero-order chi connectivity index (χ0) is 12.6. The van der Waals surface area contributed by atoms with Gasteiger partial charge in [0.1, 0.15) is 17.9 Å². The molecule has 0 heterocycles. The van der Waals surface area contributed by atoms with Crippen LogP contribution in [0.3, 0.4) is 0 Å². The fraction of sp³-hybridized carbons (Fsp3) is 0.462. The van der Waals surface area contributed by atoms with Gasteiger partial charge in [-0.1, -0.05) is 25.4 Å². The number of halogens is 1. The van der Waals surface area contributed by atoms with E-state index in [9.17, 15) is 0 Å². The van der Waals surface area contributed by atoms with Crippen molar-refractivity contribution in [3.8, 4) is 11.8 Å². The van der Waals surface area contributed by atoms with Gasteiger partial charge in [-0.15, -0.1) is 0 Å². The molecule has 0 unspecified atom stereocenters. The average molecular weight is 251 g/mol. The molecular formula is C13H15ClN2O. The molecular weight excluding hydrogens is 236 g/mol.